The molecule has 1 fully saturated rings. The summed E-state index contributed by atoms with van der Waals surface area (Å²) < 4.78 is 43.5. The molecule has 1 saturated heterocycles. The van der Waals surface area contributed by atoms with E-state index in [2.05, 4.69) is 15.0 Å². The van der Waals surface area contributed by atoms with E-state index in [1.54, 1.807) is 18.0 Å². The molecule has 6 nitrogen and oxygen atoms in total. The van der Waals surface area contributed by atoms with Crippen LogP contribution in [0, 0.1) is 12.8 Å². The van der Waals surface area contributed by atoms with E-state index >= 15 is 0 Å². The van der Waals surface area contributed by atoms with E-state index < -0.39 is 11.9 Å². The van der Waals surface area contributed by atoms with Crippen LogP contribution in [-0.2, 0) is 6.18 Å². The number of piperidine rings is 1. The molecule has 144 valence electrons. The van der Waals surface area contributed by atoms with Crippen molar-refractivity contribution in [3.8, 4) is 5.88 Å². The van der Waals surface area contributed by atoms with Gasteiger partial charge in [0.25, 0.3) is 5.91 Å². The van der Waals surface area contributed by atoms with Crippen LogP contribution in [0.1, 0.15) is 34.7 Å². The zero-order chi connectivity index (χ0) is 19.4. The van der Waals surface area contributed by atoms with Gasteiger partial charge in [-0.3, -0.25) is 9.78 Å². The molecule has 1 amide bonds. The maximum Gasteiger partial charge on any atom is 0.433 e. The predicted molar refractivity (Wildman–Crippen MR) is 90.1 cm³/mol. The van der Waals surface area contributed by atoms with Gasteiger partial charge in [0.1, 0.15) is 11.4 Å². The Labute approximate surface area is 154 Å². The number of carbonyl (C=O) groups is 1. The number of alkyl halides is 3. The molecule has 0 unspecified atom stereocenters. The van der Waals surface area contributed by atoms with Crippen molar-refractivity contribution in [3.05, 3.63) is 47.7 Å². The first kappa shape index (κ1) is 19.1. The summed E-state index contributed by atoms with van der Waals surface area (Å²) in [6.45, 7) is 3.14. The smallest absolute Gasteiger partial charge is 0.433 e. The molecule has 0 saturated carbocycles. The van der Waals surface area contributed by atoms with Crippen LogP contribution in [0.15, 0.2) is 30.6 Å². The van der Waals surface area contributed by atoms with Gasteiger partial charge in [-0.05, 0) is 31.7 Å². The monoisotopic (exact) mass is 380 g/mol. The fourth-order valence-corrected chi connectivity index (χ4v) is 2.82. The van der Waals surface area contributed by atoms with E-state index in [9.17, 15) is 18.0 Å². The number of carbonyl (C=O) groups excluding carboxylic acids is 1. The topological polar surface area (TPSA) is 68.2 Å². The molecule has 0 aliphatic carbocycles. The summed E-state index contributed by atoms with van der Waals surface area (Å²) in [6.07, 6.45) is -0.0833. The lowest BCUT2D eigenvalue weighted by Crippen LogP contribution is -2.40. The van der Waals surface area contributed by atoms with E-state index in [0.29, 0.717) is 31.6 Å². The van der Waals surface area contributed by atoms with Gasteiger partial charge in [0.05, 0.1) is 18.5 Å². The summed E-state index contributed by atoms with van der Waals surface area (Å²) in [5.41, 5.74) is 0.0775. The summed E-state index contributed by atoms with van der Waals surface area (Å²) in [4.78, 5) is 25.8. The molecule has 0 N–H and O–H groups in total. The Morgan fingerprint density at radius 2 is 1.96 bits per heavy atom. The van der Waals surface area contributed by atoms with Gasteiger partial charge >= 0.3 is 6.18 Å². The zero-order valence-electron chi connectivity index (χ0n) is 14.7. The minimum Gasteiger partial charge on any atom is -0.477 e. The average molecular weight is 380 g/mol. The fourth-order valence-electron chi connectivity index (χ4n) is 2.82. The molecule has 0 atom stereocenters. The lowest BCUT2D eigenvalue weighted by atomic mass is 9.97. The predicted octanol–water partition coefficient (Wildman–Crippen LogP) is 3.13. The van der Waals surface area contributed by atoms with Crippen LogP contribution in [0.2, 0.25) is 0 Å². The number of pyridine rings is 1. The second kappa shape index (κ2) is 7.89. The second-order valence-electron chi connectivity index (χ2n) is 6.45. The number of aryl methyl sites for hydroxylation is 1. The highest BCUT2D eigenvalue weighted by Crippen LogP contribution is 2.29. The van der Waals surface area contributed by atoms with Gasteiger partial charge in [0, 0.05) is 25.4 Å². The number of ether oxygens (including phenoxy) is 1. The van der Waals surface area contributed by atoms with Crippen molar-refractivity contribution in [1.82, 2.24) is 19.9 Å². The molecule has 3 rings (SSSR count). The highest BCUT2D eigenvalue weighted by molar-refractivity contribution is 5.92. The number of likely N-dealkylation sites (tertiary alicyclic amines) is 1. The first-order valence-electron chi connectivity index (χ1n) is 8.58. The summed E-state index contributed by atoms with van der Waals surface area (Å²) in [6, 6.07) is 3.59. The lowest BCUT2D eigenvalue weighted by Gasteiger charge is -2.31. The van der Waals surface area contributed by atoms with E-state index in [1.807, 2.05) is 0 Å². The normalized spacial score (nSPS) is 15.6. The summed E-state index contributed by atoms with van der Waals surface area (Å²) in [5, 5.41) is 0. The Morgan fingerprint density at radius 1 is 1.22 bits per heavy atom. The number of hydrogen-bond donors (Lipinski definition) is 0. The fraction of sp³-hybridized carbons (Fsp3) is 0.444. The van der Waals surface area contributed by atoms with Gasteiger partial charge < -0.3 is 9.64 Å². The molecule has 27 heavy (non-hydrogen) atoms. The standard InChI is InChI=1S/C18H19F3N4O2/c1-12-9-23-14(10-22-12)17(26)25-7-5-13(6-8-25)11-27-16-4-2-3-15(24-16)18(19,20)21/h2-4,9-10,13H,5-8,11H2,1H3. The molecule has 3 heterocycles. The highest BCUT2D eigenvalue weighted by atomic mass is 19.4. The van der Waals surface area contributed by atoms with Crippen LogP contribution in [0.4, 0.5) is 13.2 Å². The van der Waals surface area contributed by atoms with Crippen LogP contribution in [-0.4, -0.2) is 45.5 Å². The lowest BCUT2D eigenvalue weighted by molar-refractivity contribution is -0.141. The van der Waals surface area contributed by atoms with E-state index in [1.165, 1.54) is 18.3 Å². The molecule has 2 aromatic rings. The van der Waals surface area contributed by atoms with Gasteiger partial charge in [-0.15, -0.1) is 0 Å². The van der Waals surface area contributed by atoms with Gasteiger partial charge in [0.15, 0.2) is 0 Å². The van der Waals surface area contributed by atoms with Gasteiger partial charge in [-0.1, -0.05) is 6.07 Å². The van der Waals surface area contributed by atoms with Crippen molar-refractivity contribution < 1.29 is 22.7 Å². The number of rotatable bonds is 4. The van der Waals surface area contributed by atoms with Crippen molar-refractivity contribution in [1.29, 1.82) is 0 Å². The molecule has 2 aromatic heterocycles. The maximum absolute atomic E-state index is 12.7. The SMILES string of the molecule is Cc1cnc(C(=O)N2CCC(COc3cccc(C(F)(F)F)n3)CC2)cn1. The Kier molecular flexibility index (Phi) is 5.57. The average Bonchev–Trinajstić information content (AvgIpc) is 2.66. The van der Waals surface area contributed by atoms with E-state index in [-0.39, 0.29) is 24.3 Å². The van der Waals surface area contributed by atoms with Crippen molar-refractivity contribution >= 4 is 5.91 Å². The van der Waals surface area contributed by atoms with Gasteiger partial charge in [-0.2, -0.15) is 13.2 Å². The quantitative estimate of drug-likeness (QED) is 0.815. The van der Waals surface area contributed by atoms with Gasteiger partial charge in [-0.25, -0.2) is 9.97 Å². The first-order chi connectivity index (χ1) is 12.8. The maximum atomic E-state index is 12.7. The zero-order valence-corrected chi connectivity index (χ0v) is 14.7. The number of halogens is 3. The Hall–Kier alpha value is -2.71. The van der Waals surface area contributed by atoms with Crippen LogP contribution in [0.25, 0.3) is 0 Å². The Morgan fingerprint density at radius 3 is 2.59 bits per heavy atom. The van der Waals surface area contributed by atoms with Crippen LogP contribution in [0.3, 0.4) is 0 Å². The van der Waals surface area contributed by atoms with Crippen LogP contribution >= 0.6 is 0 Å². The molecule has 0 spiro atoms. The summed E-state index contributed by atoms with van der Waals surface area (Å²) >= 11 is 0. The van der Waals surface area contributed by atoms with Crippen LogP contribution < -0.4 is 4.74 Å². The minimum atomic E-state index is -4.50. The molecule has 1 aliphatic heterocycles. The first-order valence-corrected chi connectivity index (χ1v) is 8.58. The molecule has 0 aromatic carbocycles. The number of amides is 1. The van der Waals surface area contributed by atoms with Crippen molar-refractivity contribution in [2.24, 2.45) is 5.92 Å². The number of aromatic nitrogens is 3. The molecular formula is C18H19F3N4O2. The highest BCUT2D eigenvalue weighted by Gasteiger charge is 2.32. The Balaban J connectivity index is 1.50. The number of hydrogen-bond acceptors (Lipinski definition) is 5. The largest absolute Gasteiger partial charge is 0.477 e. The molecule has 0 radical (unpaired) electrons. The second-order valence-corrected chi connectivity index (χ2v) is 6.45. The van der Waals surface area contributed by atoms with E-state index in [0.717, 1.165) is 11.8 Å². The van der Waals surface area contributed by atoms with Crippen molar-refractivity contribution in [3.63, 3.8) is 0 Å². The van der Waals surface area contributed by atoms with Gasteiger partial charge in [0.2, 0.25) is 5.88 Å². The molecular weight excluding hydrogens is 361 g/mol. The molecule has 0 bridgehead atoms. The summed E-state index contributed by atoms with van der Waals surface area (Å²) in [5.74, 6) is -0.0610. The molecule has 9 heteroatoms. The van der Waals surface area contributed by atoms with Crippen molar-refractivity contribution in [2.75, 3.05) is 19.7 Å². The number of nitrogens with zero attached hydrogens (tertiary/aromatic N) is 4. The summed E-state index contributed by atoms with van der Waals surface area (Å²) in [7, 11) is 0. The third kappa shape index (κ3) is 4.93. The third-order valence-corrected chi connectivity index (χ3v) is 4.38. The third-order valence-electron chi connectivity index (χ3n) is 4.38. The Bertz CT molecular complexity index is 788. The van der Waals surface area contributed by atoms with Crippen molar-refractivity contribution in [2.45, 2.75) is 25.9 Å². The van der Waals surface area contributed by atoms with Crippen LogP contribution in [0.5, 0.6) is 5.88 Å². The molecule has 1 aliphatic rings. The minimum absolute atomic E-state index is 0.0433. The van der Waals surface area contributed by atoms with E-state index in [4.69, 9.17) is 4.74 Å².